The normalized spacial score (nSPS) is 25.9. The van der Waals surface area contributed by atoms with E-state index < -0.39 is 68.0 Å². The van der Waals surface area contributed by atoms with Gasteiger partial charge in [0, 0.05) is 12.3 Å². The van der Waals surface area contributed by atoms with Crippen LogP contribution in [0.25, 0.3) is 10.8 Å². The van der Waals surface area contributed by atoms with Crippen molar-refractivity contribution in [3.05, 3.63) is 75.6 Å². The number of carbonyl (C=O) groups is 1. The van der Waals surface area contributed by atoms with Crippen molar-refractivity contribution in [1.82, 2.24) is 14.4 Å². The number of aromatic amines is 1. The molecule has 4 rings (SSSR count). The van der Waals surface area contributed by atoms with Gasteiger partial charge in [-0.15, -0.1) is 0 Å². The molecule has 2 N–H and O–H groups in total. The van der Waals surface area contributed by atoms with E-state index in [-0.39, 0.29) is 5.75 Å². The minimum Gasteiger partial charge on any atom is -0.462 e. The van der Waals surface area contributed by atoms with Gasteiger partial charge in [0.1, 0.15) is 18.4 Å². The molecule has 0 bridgehead atoms. The van der Waals surface area contributed by atoms with Gasteiger partial charge in [-0.1, -0.05) is 35.2 Å². The van der Waals surface area contributed by atoms with Crippen molar-refractivity contribution in [2.45, 2.75) is 63.7 Å². The second-order valence-corrected chi connectivity index (χ2v) is 11.2. The lowest BCUT2D eigenvalue weighted by atomic mass is 9.97. The highest BCUT2D eigenvalue weighted by molar-refractivity contribution is 7.36. The van der Waals surface area contributed by atoms with Gasteiger partial charge in [0.25, 0.3) is 19.6 Å². The molecule has 1 saturated heterocycles. The van der Waals surface area contributed by atoms with Gasteiger partial charge in [0.05, 0.1) is 6.10 Å². The molecule has 6 atom stereocenters. The van der Waals surface area contributed by atoms with E-state index in [4.69, 9.17) is 18.8 Å². The van der Waals surface area contributed by atoms with Gasteiger partial charge in [-0.3, -0.25) is 23.7 Å². The largest absolute Gasteiger partial charge is 0.462 e. The number of H-pyrrole nitrogens is 1. The Labute approximate surface area is 233 Å². The summed E-state index contributed by atoms with van der Waals surface area (Å²) in [6, 6.07) is 11.8. The first-order chi connectivity index (χ1) is 19.2. The molecule has 0 radical (unpaired) electrons. The lowest BCUT2D eigenvalue weighted by Crippen LogP contribution is -2.47. The molecule has 12 nitrogen and oxygen atoms in total. The van der Waals surface area contributed by atoms with Crippen LogP contribution in [0.15, 0.2) is 64.3 Å². The average Bonchev–Trinajstić information content (AvgIpc) is 3.09. The number of alkyl halides is 2. The third-order valence-electron chi connectivity index (χ3n) is 6.38. The summed E-state index contributed by atoms with van der Waals surface area (Å²) >= 11 is 0. The molecule has 15 heteroatoms. The van der Waals surface area contributed by atoms with E-state index in [9.17, 15) is 24.1 Å². The Morgan fingerprint density at radius 3 is 2.51 bits per heavy atom. The van der Waals surface area contributed by atoms with Gasteiger partial charge in [-0.05, 0) is 50.6 Å². The van der Waals surface area contributed by atoms with Crippen LogP contribution in [-0.2, 0) is 23.4 Å². The summed E-state index contributed by atoms with van der Waals surface area (Å²) in [6.07, 6.45) is -4.15. The van der Waals surface area contributed by atoms with Crippen molar-refractivity contribution in [2.24, 2.45) is 0 Å². The SMILES string of the molecule is CC(C)OC(=O)C(C)N(Oc1ccc2ccccc2c1)[P@@H](=O)OC[C@@]1(F)O[C@@H](n2ccc(=O)[nH]c2=O)[C@](C)(F)[C@@H]1O. The van der Waals surface area contributed by atoms with E-state index in [1.807, 2.05) is 23.2 Å². The Morgan fingerprint density at radius 1 is 1.17 bits per heavy atom. The summed E-state index contributed by atoms with van der Waals surface area (Å²) in [7, 11) is -3.65. The van der Waals surface area contributed by atoms with Crippen LogP contribution in [0.2, 0.25) is 0 Å². The predicted molar refractivity (Wildman–Crippen MR) is 143 cm³/mol. The quantitative estimate of drug-likeness (QED) is 0.203. The minimum absolute atomic E-state index is 0.177. The second-order valence-electron chi connectivity index (χ2n) is 9.97. The Balaban J connectivity index is 1.57. The molecule has 2 aromatic carbocycles. The number of aliphatic hydroxyl groups is 1. The zero-order valence-corrected chi connectivity index (χ0v) is 23.6. The highest BCUT2D eigenvalue weighted by Gasteiger charge is 2.65. The molecule has 0 aliphatic carbocycles. The topological polar surface area (TPSA) is 149 Å². The molecule has 1 aliphatic rings. The van der Waals surface area contributed by atoms with Crippen LogP contribution in [0.5, 0.6) is 5.75 Å². The molecule has 41 heavy (non-hydrogen) atoms. The molecule has 1 aliphatic heterocycles. The van der Waals surface area contributed by atoms with Gasteiger partial charge in [-0.25, -0.2) is 13.6 Å². The van der Waals surface area contributed by atoms with Crippen molar-refractivity contribution >= 4 is 24.9 Å². The maximum Gasteiger partial charge on any atom is 0.330 e. The standard InChI is InChI=1S/C26H30F2N3O9P/c1-15(2)38-21(33)16(3)31(40-19-10-9-17-7-5-6-8-18(17)13-19)41(36)37-14-26(28)22(34)25(4,27)23(39-26)30-12-11-20(32)29-24(30)35/h5-13,15-16,22-23,34,41H,14H2,1-4H3,(H,29,32,35)/t16?,22-,23+,25+,26+/m0/s1. The number of hydrogen-bond acceptors (Lipinski definition) is 9. The summed E-state index contributed by atoms with van der Waals surface area (Å²) in [5.41, 5.74) is -4.77. The summed E-state index contributed by atoms with van der Waals surface area (Å²) in [4.78, 5) is 44.5. The van der Waals surface area contributed by atoms with E-state index in [0.29, 0.717) is 9.40 Å². The molecular weight excluding hydrogens is 567 g/mol. The number of benzene rings is 2. The van der Waals surface area contributed by atoms with E-state index in [1.165, 1.54) is 6.92 Å². The van der Waals surface area contributed by atoms with Crippen LogP contribution in [0.1, 0.15) is 33.9 Å². The summed E-state index contributed by atoms with van der Waals surface area (Å²) in [6.45, 7) is 4.08. The number of aliphatic hydroxyl groups excluding tert-OH is 1. The molecule has 0 spiro atoms. The number of carbonyl (C=O) groups excluding carboxylic acids is 1. The van der Waals surface area contributed by atoms with Crippen LogP contribution in [0.4, 0.5) is 8.78 Å². The number of aromatic nitrogens is 2. The molecule has 0 saturated carbocycles. The lowest BCUT2D eigenvalue weighted by Gasteiger charge is -2.29. The number of halogens is 2. The lowest BCUT2D eigenvalue weighted by molar-refractivity contribution is -0.204. The Hall–Kier alpha value is -3.42. The average molecular weight is 598 g/mol. The fourth-order valence-electron chi connectivity index (χ4n) is 4.24. The number of hydrogen-bond donors (Lipinski definition) is 2. The van der Waals surface area contributed by atoms with E-state index in [1.54, 1.807) is 38.1 Å². The fraction of sp³-hybridized carbons (Fsp3) is 0.423. The number of fused-ring (bicyclic) bond motifs is 1. The number of nitrogens with one attached hydrogen (secondary N) is 1. The molecule has 222 valence electrons. The van der Waals surface area contributed by atoms with E-state index in [2.05, 4.69) is 0 Å². The number of nitrogens with zero attached hydrogens (tertiary/aromatic N) is 2. The van der Waals surface area contributed by atoms with Crippen molar-refractivity contribution < 1.29 is 42.1 Å². The Kier molecular flexibility index (Phi) is 8.81. The second kappa shape index (κ2) is 11.8. The van der Waals surface area contributed by atoms with E-state index >= 15 is 8.78 Å². The van der Waals surface area contributed by atoms with Crippen molar-refractivity contribution in [2.75, 3.05) is 6.61 Å². The van der Waals surface area contributed by atoms with Gasteiger partial charge in [0.15, 0.2) is 18.0 Å². The first-order valence-electron chi connectivity index (χ1n) is 12.6. The van der Waals surface area contributed by atoms with Crippen LogP contribution < -0.4 is 16.1 Å². The molecular formula is C26H30F2N3O9P. The third kappa shape index (κ3) is 6.41. The van der Waals surface area contributed by atoms with Gasteiger partial charge < -0.3 is 23.9 Å². The number of rotatable bonds is 10. The van der Waals surface area contributed by atoms with Gasteiger partial charge in [-0.2, -0.15) is 0 Å². The first kappa shape index (κ1) is 30.5. The monoisotopic (exact) mass is 597 g/mol. The van der Waals surface area contributed by atoms with Gasteiger partial charge >= 0.3 is 11.7 Å². The maximum atomic E-state index is 15.8. The number of hydroxylamine groups is 1. The Bertz CT molecular complexity index is 1560. The molecule has 3 aromatic rings. The highest BCUT2D eigenvalue weighted by Crippen LogP contribution is 2.48. The van der Waals surface area contributed by atoms with Crippen LogP contribution >= 0.6 is 8.18 Å². The maximum absolute atomic E-state index is 15.8. The highest BCUT2D eigenvalue weighted by atomic mass is 31.1. The van der Waals surface area contributed by atoms with Gasteiger partial charge in [0.2, 0.25) is 0 Å². The zero-order chi connectivity index (χ0) is 30.1. The number of ether oxygens (including phenoxy) is 2. The molecule has 1 unspecified atom stereocenters. The van der Waals surface area contributed by atoms with Crippen molar-refractivity contribution in [1.29, 1.82) is 0 Å². The Morgan fingerprint density at radius 2 is 1.85 bits per heavy atom. The van der Waals surface area contributed by atoms with Crippen LogP contribution in [-0.4, -0.2) is 61.8 Å². The fourth-order valence-corrected chi connectivity index (χ4v) is 5.29. The molecule has 0 amide bonds. The smallest absolute Gasteiger partial charge is 0.330 e. The zero-order valence-electron chi connectivity index (χ0n) is 22.6. The molecule has 1 aromatic heterocycles. The predicted octanol–water partition coefficient (Wildman–Crippen LogP) is 3.02. The van der Waals surface area contributed by atoms with Crippen LogP contribution in [0.3, 0.4) is 0 Å². The van der Waals surface area contributed by atoms with E-state index in [0.717, 1.165) is 30.0 Å². The van der Waals surface area contributed by atoms with Crippen LogP contribution in [0, 0.1) is 0 Å². The number of esters is 1. The third-order valence-corrected chi connectivity index (χ3v) is 7.61. The molecule has 1 fully saturated rings. The summed E-state index contributed by atoms with van der Waals surface area (Å²) < 4.78 is 60.7. The van der Waals surface area contributed by atoms with Crippen molar-refractivity contribution in [3.63, 3.8) is 0 Å². The summed E-state index contributed by atoms with van der Waals surface area (Å²) in [5, 5.41) is 12.2. The summed E-state index contributed by atoms with van der Waals surface area (Å²) in [5.74, 6) is -3.93. The molecule has 2 heterocycles. The van der Waals surface area contributed by atoms with Crippen molar-refractivity contribution in [3.8, 4) is 5.75 Å². The first-order valence-corrected chi connectivity index (χ1v) is 13.9. The minimum atomic E-state index is -3.65.